The number of benzene rings is 1. The number of urea groups is 1. The molecule has 1 unspecified atom stereocenters. The normalized spacial score (nSPS) is 19.3. The topological polar surface area (TPSA) is 64.6 Å². The van der Waals surface area contributed by atoms with Gasteiger partial charge in [-0.15, -0.1) is 0 Å². The highest BCUT2D eigenvalue weighted by atomic mass is 16.3. The number of carbonyl (C=O) groups is 1. The van der Waals surface area contributed by atoms with Gasteiger partial charge in [-0.25, -0.2) is 4.79 Å². The third kappa shape index (κ3) is 4.45. The summed E-state index contributed by atoms with van der Waals surface area (Å²) in [4.78, 5) is 13.8. The molecule has 1 aromatic rings. The highest BCUT2D eigenvalue weighted by Gasteiger charge is 2.22. The maximum atomic E-state index is 11.6. The first-order valence-corrected chi connectivity index (χ1v) is 8.19. The Labute approximate surface area is 131 Å². The Morgan fingerprint density at radius 1 is 1.27 bits per heavy atom. The minimum Gasteiger partial charge on any atom is -0.390 e. The third-order valence-electron chi connectivity index (χ3n) is 4.43. The van der Waals surface area contributed by atoms with Gasteiger partial charge in [0.15, 0.2) is 0 Å². The Kier molecular flexibility index (Phi) is 4.95. The summed E-state index contributed by atoms with van der Waals surface area (Å²) >= 11 is 0. The van der Waals surface area contributed by atoms with E-state index in [1.54, 1.807) is 0 Å². The van der Waals surface area contributed by atoms with Crippen molar-refractivity contribution in [1.82, 2.24) is 15.5 Å². The van der Waals surface area contributed by atoms with Gasteiger partial charge in [0.25, 0.3) is 0 Å². The molecule has 1 heterocycles. The summed E-state index contributed by atoms with van der Waals surface area (Å²) in [6, 6.07) is 8.29. The van der Waals surface area contributed by atoms with Gasteiger partial charge < -0.3 is 15.7 Å². The second kappa shape index (κ2) is 7.11. The van der Waals surface area contributed by atoms with Gasteiger partial charge in [-0.2, -0.15) is 0 Å². The number of aliphatic hydroxyl groups is 1. The summed E-state index contributed by atoms with van der Waals surface area (Å²) in [5, 5.41) is 15.7. The number of hydrogen-bond acceptors (Lipinski definition) is 3. The largest absolute Gasteiger partial charge is 0.390 e. The molecule has 1 aliphatic heterocycles. The first kappa shape index (κ1) is 15.3. The van der Waals surface area contributed by atoms with Crippen LogP contribution in [0, 0.1) is 5.92 Å². The first-order chi connectivity index (χ1) is 10.7. The fourth-order valence-electron chi connectivity index (χ4n) is 2.90. The highest BCUT2D eigenvalue weighted by Crippen LogP contribution is 2.27. The quantitative estimate of drug-likeness (QED) is 0.738. The van der Waals surface area contributed by atoms with Crippen LogP contribution in [0.5, 0.6) is 0 Å². The molecule has 0 spiro atoms. The van der Waals surface area contributed by atoms with Crippen LogP contribution in [0.25, 0.3) is 0 Å². The Hall–Kier alpha value is -1.59. The SMILES string of the molecule is O=C(NCC(O)CN1CCc2ccccc2C1)NCC1CC1. The van der Waals surface area contributed by atoms with E-state index in [9.17, 15) is 9.90 Å². The van der Waals surface area contributed by atoms with E-state index in [0.29, 0.717) is 19.0 Å². The van der Waals surface area contributed by atoms with Crippen molar-refractivity contribution >= 4 is 6.03 Å². The fraction of sp³-hybridized carbons (Fsp3) is 0.588. The van der Waals surface area contributed by atoms with Gasteiger partial charge >= 0.3 is 6.03 Å². The van der Waals surface area contributed by atoms with Crippen molar-refractivity contribution in [3.8, 4) is 0 Å². The zero-order valence-corrected chi connectivity index (χ0v) is 12.9. The number of rotatable bonds is 6. The lowest BCUT2D eigenvalue weighted by atomic mass is 10.00. The number of β-amino-alcohol motifs (C(OH)–C–C–N with tert-alkyl or cyclic N) is 1. The highest BCUT2D eigenvalue weighted by molar-refractivity contribution is 5.73. The standard InChI is InChI=1S/C17H25N3O2/c21-16(10-19-17(22)18-9-13-5-6-13)12-20-8-7-14-3-1-2-4-15(14)11-20/h1-4,13,16,21H,5-12H2,(H2,18,19,22). The molecule has 2 aliphatic rings. The van der Waals surface area contributed by atoms with E-state index >= 15 is 0 Å². The van der Waals surface area contributed by atoms with Crippen molar-refractivity contribution in [1.29, 1.82) is 0 Å². The molecule has 1 saturated carbocycles. The molecule has 120 valence electrons. The molecular formula is C17H25N3O2. The fourth-order valence-corrected chi connectivity index (χ4v) is 2.90. The van der Waals surface area contributed by atoms with Crippen LogP contribution in [-0.2, 0) is 13.0 Å². The molecule has 2 amide bonds. The second-order valence-electron chi connectivity index (χ2n) is 6.44. The molecule has 1 aromatic carbocycles. The summed E-state index contributed by atoms with van der Waals surface area (Å²) < 4.78 is 0. The molecule has 0 aromatic heterocycles. The van der Waals surface area contributed by atoms with Gasteiger partial charge in [-0.05, 0) is 36.3 Å². The van der Waals surface area contributed by atoms with Crippen LogP contribution in [0.2, 0.25) is 0 Å². The molecule has 1 fully saturated rings. The predicted octanol–water partition coefficient (Wildman–Crippen LogP) is 1.11. The van der Waals surface area contributed by atoms with Crippen LogP contribution in [0.15, 0.2) is 24.3 Å². The summed E-state index contributed by atoms with van der Waals surface area (Å²) in [7, 11) is 0. The van der Waals surface area contributed by atoms with Crippen LogP contribution in [0.4, 0.5) is 4.79 Å². The number of fused-ring (bicyclic) bond motifs is 1. The van der Waals surface area contributed by atoms with Gasteiger partial charge in [0.1, 0.15) is 0 Å². The number of aliphatic hydroxyl groups excluding tert-OH is 1. The van der Waals surface area contributed by atoms with Crippen LogP contribution < -0.4 is 10.6 Å². The Morgan fingerprint density at radius 3 is 2.82 bits per heavy atom. The number of carbonyl (C=O) groups excluding carboxylic acids is 1. The minimum atomic E-state index is -0.531. The molecule has 22 heavy (non-hydrogen) atoms. The summed E-state index contributed by atoms with van der Waals surface area (Å²) in [6.07, 6.45) is 2.94. The number of amides is 2. The van der Waals surface area contributed by atoms with Crippen LogP contribution in [0.3, 0.4) is 0 Å². The van der Waals surface area contributed by atoms with E-state index in [4.69, 9.17) is 0 Å². The summed E-state index contributed by atoms with van der Waals surface area (Å²) in [5.41, 5.74) is 2.75. The molecule has 1 atom stereocenters. The average molecular weight is 303 g/mol. The van der Waals surface area contributed by atoms with Crippen molar-refractivity contribution in [2.24, 2.45) is 5.92 Å². The zero-order valence-electron chi connectivity index (χ0n) is 12.9. The lowest BCUT2D eigenvalue weighted by Gasteiger charge is -2.30. The summed E-state index contributed by atoms with van der Waals surface area (Å²) in [5.74, 6) is 0.670. The van der Waals surface area contributed by atoms with Crippen LogP contribution in [-0.4, -0.2) is 48.3 Å². The van der Waals surface area contributed by atoms with Crippen LogP contribution >= 0.6 is 0 Å². The molecule has 0 bridgehead atoms. The molecule has 3 N–H and O–H groups in total. The van der Waals surface area contributed by atoms with E-state index < -0.39 is 6.10 Å². The predicted molar refractivity (Wildman–Crippen MR) is 85.6 cm³/mol. The second-order valence-corrected chi connectivity index (χ2v) is 6.44. The third-order valence-corrected chi connectivity index (χ3v) is 4.43. The Morgan fingerprint density at radius 2 is 2.05 bits per heavy atom. The van der Waals surface area contributed by atoms with E-state index in [0.717, 1.165) is 26.1 Å². The molecule has 3 rings (SSSR count). The van der Waals surface area contributed by atoms with E-state index in [2.05, 4.69) is 39.8 Å². The zero-order chi connectivity index (χ0) is 15.4. The monoisotopic (exact) mass is 303 g/mol. The van der Waals surface area contributed by atoms with E-state index in [1.807, 2.05) is 0 Å². The average Bonchev–Trinajstić information content (AvgIpc) is 3.35. The maximum Gasteiger partial charge on any atom is 0.314 e. The molecule has 1 aliphatic carbocycles. The van der Waals surface area contributed by atoms with Crippen molar-refractivity contribution in [2.45, 2.75) is 31.9 Å². The van der Waals surface area contributed by atoms with Crippen molar-refractivity contribution in [3.63, 3.8) is 0 Å². The first-order valence-electron chi connectivity index (χ1n) is 8.19. The lowest BCUT2D eigenvalue weighted by molar-refractivity contribution is 0.105. The van der Waals surface area contributed by atoms with Crippen molar-refractivity contribution in [3.05, 3.63) is 35.4 Å². The lowest BCUT2D eigenvalue weighted by Crippen LogP contribution is -2.45. The molecule has 0 saturated heterocycles. The van der Waals surface area contributed by atoms with Crippen molar-refractivity contribution in [2.75, 3.05) is 26.2 Å². The Bertz CT molecular complexity index is 516. The van der Waals surface area contributed by atoms with Crippen LogP contribution in [0.1, 0.15) is 24.0 Å². The Balaban J connectivity index is 1.36. The van der Waals surface area contributed by atoms with Crippen molar-refractivity contribution < 1.29 is 9.90 Å². The van der Waals surface area contributed by atoms with Gasteiger partial charge in [0, 0.05) is 32.7 Å². The number of hydrogen-bond donors (Lipinski definition) is 3. The smallest absolute Gasteiger partial charge is 0.314 e. The minimum absolute atomic E-state index is 0.171. The van der Waals surface area contributed by atoms with E-state index in [-0.39, 0.29) is 6.03 Å². The molecular weight excluding hydrogens is 278 g/mol. The number of nitrogens with zero attached hydrogens (tertiary/aromatic N) is 1. The summed E-state index contributed by atoms with van der Waals surface area (Å²) in [6.45, 7) is 3.49. The number of nitrogens with one attached hydrogen (secondary N) is 2. The van der Waals surface area contributed by atoms with Gasteiger partial charge in [0.05, 0.1) is 6.10 Å². The van der Waals surface area contributed by atoms with Gasteiger partial charge in [-0.1, -0.05) is 24.3 Å². The molecule has 5 heteroatoms. The van der Waals surface area contributed by atoms with Gasteiger partial charge in [-0.3, -0.25) is 4.90 Å². The maximum absolute atomic E-state index is 11.6. The van der Waals surface area contributed by atoms with Gasteiger partial charge in [0.2, 0.25) is 0 Å². The van der Waals surface area contributed by atoms with E-state index in [1.165, 1.54) is 24.0 Å². The molecule has 0 radical (unpaired) electrons. The molecule has 5 nitrogen and oxygen atoms in total.